The molecule has 6 heteroatoms. The Morgan fingerprint density at radius 3 is 2.36 bits per heavy atom. The van der Waals surface area contributed by atoms with Crippen molar-refractivity contribution in [1.82, 2.24) is 4.90 Å². The Morgan fingerprint density at radius 2 is 1.64 bits per heavy atom. The number of ether oxygens (including phenoxy) is 1. The normalized spacial score (nSPS) is 19.5. The lowest BCUT2D eigenvalue weighted by molar-refractivity contribution is -0.124. The third-order valence-corrected chi connectivity index (χ3v) is 5.33. The van der Waals surface area contributed by atoms with Crippen LogP contribution in [0.4, 0.5) is 11.4 Å². The molecule has 2 heterocycles. The highest BCUT2D eigenvalue weighted by molar-refractivity contribution is 6.04. The number of para-hydroxylation sites is 2. The topological polar surface area (TPSA) is 61.9 Å². The van der Waals surface area contributed by atoms with E-state index in [1.54, 1.807) is 12.1 Å². The zero-order chi connectivity index (χ0) is 19.3. The molecule has 0 bridgehead atoms. The van der Waals surface area contributed by atoms with Gasteiger partial charge in [-0.1, -0.05) is 30.3 Å². The minimum atomic E-state index is -0.419. The van der Waals surface area contributed by atoms with E-state index in [2.05, 4.69) is 22.3 Å². The number of hydrogen-bond acceptors (Lipinski definition) is 4. The van der Waals surface area contributed by atoms with E-state index in [1.807, 2.05) is 35.2 Å². The van der Waals surface area contributed by atoms with Crippen molar-refractivity contribution < 1.29 is 14.3 Å². The SMILES string of the molecule is O=C(Nc1ccccc1C(=O)N1CCN(c2ccccc2)CC1)C1CCCO1. The summed E-state index contributed by atoms with van der Waals surface area (Å²) in [7, 11) is 0. The average molecular weight is 379 g/mol. The Morgan fingerprint density at radius 1 is 0.929 bits per heavy atom. The van der Waals surface area contributed by atoms with Crippen LogP contribution in [0.1, 0.15) is 23.2 Å². The second-order valence-electron chi connectivity index (χ2n) is 7.15. The van der Waals surface area contributed by atoms with Gasteiger partial charge in [-0.3, -0.25) is 9.59 Å². The van der Waals surface area contributed by atoms with Crippen LogP contribution in [-0.2, 0) is 9.53 Å². The van der Waals surface area contributed by atoms with Gasteiger partial charge in [0.15, 0.2) is 0 Å². The number of piperazine rings is 1. The minimum absolute atomic E-state index is 0.0454. The number of carbonyl (C=O) groups excluding carboxylic acids is 2. The number of amides is 2. The Hall–Kier alpha value is -2.86. The van der Waals surface area contributed by atoms with Gasteiger partial charge in [0.1, 0.15) is 6.10 Å². The van der Waals surface area contributed by atoms with Gasteiger partial charge in [0.2, 0.25) is 0 Å². The van der Waals surface area contributed by atoms with Crippen LogP contribution in [0.2, 0.25) is 0 Å². The van der Waals surface area contributed by atoms with Crippen LogP contribution in [0, 0.1) is 0 Å². The molecule has 2 saturated heterocycles. The van der Waals surface area contributed by atoms with Crippen molar-refractivity contribution in [3.05, 3.63) is 60.2 Å². The molecule has 2 aromatic carbocycles. The first-order valence-electron chi connectivity index (χ1n) is 9.83. The maximum absolute atomic E-state index is 13.1. The first-order chi connectivity index (χ1) is 13.7. The quantitative estimate of drug-likeness (QED) is 0.887. The molecule has 4 rings (SSSR count). The van der Waals surface area contributed by atoms with Gasteiger partial charge in [0, 0.05) is 38.5 Å². The zero-order valence-electron chi connectivity index (χ0n) is 15.8. The number of anilines is 2. The molecule has 2 amide bonds. The van der Waals surface area contributed by atoms with Crippen LogP contribution in [0.5, 0.6) is 0 Å². The van der Waals surface area contributed by atoms with Crippen molar-refractivity contribution in [3.63, 3.8) is 0 Å². The van der Waals surface area contributed by atoms with E-state index in [-0.39, 0.29) is 11.8 Å². The number of hydrogen-bond donors (Lipinski definition) is 1. The number of nitrogens with zero attached hydrogens (tertiary/aromatic N) is 2. The molecule has 0 radical (unpaired) electrons. The molecule has 0 aliphatic carbocycles. The molecule has 28 heavy (non-hydrogen) atoms. The zero-order valence-corrected chi connectivity index (χ0v) is 15.8. The summed E-state index contributed by atoms with van der Waals surface area (Å²) in [5.74, 6) is -0.220. The van der Waals surface area contributed by atoms with Crippen molar-refractivity contribution in [2.45, 2.75) is 18.9 Å². The van der Waals surface area contributed by atoms with E-state index in [4.69, 9.17) is 4.74 Å². The predicted molar refractivity (Wildman–Crippen MR) is 109 cm³/mol. The van der Waals surface area contributed by atoms with E-state index in [1.165, 1.54) is 5.69 Å². The molecule has 1 N–H and O–H groups in total. The lowest BCUT2D eigenvalue weighted by Crippen LogP contribution is -2.49. The Kier molecular flexibility index (Phi) is 5.58. The second kappa shape index (κ2) is 8.44. The summed E-state index contributed by atoms with van der Waals surface area (Å²) in [6.45, 7) is 3.51. The van der Waals surface area contributed by atoms with E-state index in [9.17, 15) is 9.59 Å². The summed E-state index contributed by atoms with van der Waals surface area (Å²) in [4.78, 5) is 29.6. The first-order valence-corrected chi connectivity index (χ1v) is 9.83. The van der Waals surface area contributed by atoms with E-state index in [0.29, 0.717) is 30.9 Å². The fraction of sp³-hybridized carbons (Fsp3) is 0.364. The molecule has 2 aliphatic heterocycles. The van der Waals surface area contributed by atoms with Crippen LogP contribution in [-0.4, -0.2) is 55.6 Å². The molecule has 6 nitrogen and oxygen atoms in total. The monoisotopic (exact) mass is 379 g/mol. The third-order valence-electron chi connectivity index (χ3n) is 5.33. The predicted octanol–water partition coefficient (Wildman–Crippen LogP) is 2.77. The average Bonchev–Trinajstić information content (AvgIpc) is 3.30. The number of nitrogens with one attached hydrogen (secondary N) is 1. The molecule has 2 aromatic rings. The molecule has 1 atom stereocenters. The van der Waals surface area contributed by atoms with Crippen LogP contribution in [0.25, 0.3) is 0 Å². The molecule has 1 unspecified atom stereocenters. The van der Waals surface area contributed by atoms with Gasteiger partial charge in [0.25, 0.3) is 11.8 Å². The van der Waals surface area contributed by atoms with Crippen LogP contribution >= 0.6 is 0 Å². The molecule has 0 spiro atoms. The molecular weight excluding hydrogens is 354 g/mol. The summed E-state index contributed by atoms with van der Waals surface area (Å²) in [5.41, 5.74) is 2.26. The van der Waals surface area contributed by atoms with Gasteiger partial charge in [-0.2, -0.15) is 0 Å². The summed E-state index contributed by atoms with van der Waals surface area (Å²) in [5, 5.41) is 2.89. The van der Waals surface area contributed by atoms with E-state index >= 15 is 0 Å². The van der Waals surface area contributed by atoms with E-state index in [0.717, 1.165) is 25.9 Å². The third kappa shape index (κ3) is 4.02. The Balaban J connectivity index is 1.42. The van der Waals surface area contributed by atoms with E-state index < -0.39 is 6.10 Å². The number of benzene rings is 2. The van der Waals surface area contributed by atoms with Crippen LogP contribution in [0.15, 0.2) is 54.6 Å². The second-order valence-corrected chi connectivity index (χ2v) is 7.15. The number of rotatable bonds is 4. The summed E-state index contributed by atoms with van der Waals surface area (Å²) < 4.78 is 5.44. The molecule has 2 fully saturated rings. The van der Waals surface area contributed by atoms with Gasteiger partial charge >= 0.3 is 0 Å². The Labute approximate surface area is 165 Å². The van der Waals surface area contributed by atoms with Crippen molar-refractivity contribution in [3.8, 4) is 0 Å². The minimum Gasteiger partial charge on any atom is -0.368 e. The Bertz CT molecular complexity index is 826. The molecule has 146 valence electrons. The summed E-state index contributed by atoms with van der Waals surface area (Å²) in [6.07, 6.45) is 1.20. The highest BCUT2D eigenvalue weighted by Gasteiger charge is 2.27. The fourth-order valence-corrected chi connectivity index (χ4v) is 3.75. The van der Waals surface area contributed by atoms with Crippen molar-refractivity contribution in [2.24, 2.45) is 0 Å². The lowest BCUT2D eigenvalue weighted by Gasteiger charge is -2.36. The highest BCUT2D eigenvalue weighted by atomic mass is 16.5. The maximum Gasteiger partial charge on any atom is 0.256 e. The summed E-state index contributed by atoms with van der Waals surface area (Å²) in [6, 6.07) is 17.5. The van der Waals surface area contributed by atoms with Crippen molar-refractivity contribution >= 4 is 23.2 Å². The standard InChI is InChI=1S/C22H25N3O3/c26-21(20-11-6-16-28-20)23-19-10-5-4-9-18(19)22(27)25-14-12-24(13-15-25)17-7-2-1-3-8-17/h1-5,7-10,20H,6,11-16H2,(H,23,26). The van der Waals surface area contributed by atoms with Gasteiger partial charge in [-0.05, 0) is 37.1 Å². The van der Waals surface area contributed by atoms with Gasteiger partial charge < -0.3 is 19.9 Å². The van der Waals surface area contributed by atoms with Gasteiger partial charge in [-0.25, -0.2) is 0 Å². The van der Waals surface area contributed by atoms with Crippen molar-refractivity contribution in [2.75, 3.05) is 43.0 Å². The largest absolute Gasteiger partial charge is 0.368 e. The first kappa shape index (κ1) is 18.5. The lowest BCUT2D eigenvalue weighted by atomic mass is 10.1. The fourth-order valence-electron chi connectivity index (χ4n) is 3.75. The smallest absolute Gasteiger partial charge is 0.256 e. The van der Waals surface area contributed by atoms with Crippen LogP contribution < -0.4 is 10.2 Å². The van der Waals surface area contributed by atoms with Gasteiger partial charge in [-0.15, -0.1) is 0 Å². The summed E-state index contributed by atoms with van der Waals surface area (Å²) >= 11 is 0. The molecular formula is C22H25N3O3. The maximum atomic E-state index is 13.1. The molecule has 2 aliphatic rings. The highest BCUT2D eigenvalue weighted by Crippen LogP contribution is 2.22. The molecule has 0 saturated carbocycles. The number of carbonyl (C=O) groups is 2. The van der Waals surface area contributed by atoms with Crippen molar-refractivity contribution in [1.29, 1.82) is 0 Å². The van der Waals surface area contributed by atoms with Gasteiger partial charge in [0.05, 0.1) is 11.3 Å². The van der Waals surface area contributed by atoms with Crippen LogP contribution in [0.3, 0.4) is 0 Å². The molecule has 0 aromatic heterocycles.